The van der Waals surface area contributed by atoms with Gasteiger partial charge < -0.3 is 5.11 Å². The monoisotopic (exact) mass is 284 g/mol. The molecule has 0 aliphatic heterocycles. The van der Waals surface area contributed by atoms with Crippen molar-refractivity contribution >= 4 is 21.9 Å². The molecule has 0 amide bonds. The van der Waals surface area contributed by atoms with Gasteiger partial charge >= 0.3 is 5.97 Å². The minimum atomic E-state index is -0.762. The van der Waals surface area contributed by atoms with Crippen LogP contribution in [0, 0.1) is 13.8 Å². The second-order valence-electron chi connectivity index (χ2n) is 4.87. The van der Waals surface area contributed by atoms with Crippen LogP contribution in [-0.4, -0.2) is 11.1 Å². The molecule has 0 bridgehead atoms. The molecule has 1 aromatic rings. The molecule has 0 aliphatic carbocycles. The number of carbonyl (C=O) groups is 1. The molecule has 0 heterocycles. The Morgan fingerprint density at radius 2 is 1.94 bits per heavy atom. The summed E-state index contributed by atoms with van der Waals surface area (Å²) in [7, 11) is 0. The summed E-state index contributed by atoms with van der Waals surface area (Å²) in [5.74, 6) is -0.762. The van der Waals surface area contributed by atoms with Crippen molar-refractivity contribution in [3.63, 3.8) is 0 Å². The topological polar surface area (TPSA) is 37.3 Å². The standard InChI is InChI=1S/C13H17BrO2/c1-8-5-10(9(2)11(14)6-8)13(3,4)7-12(15)16/h5-6H,7H2,1-4H3,(H,15,16). The molecule has 3 heteroatoms. The van der Waals surface area contributed by atoms with E-state index in [2.05, 4.69) is 28.1 Å². The number of halogens is 1. The van der Waals surface area contributed by atoms with Crippen LogP contribution in [-0.2, 0) is 10.2 Å². The molecule has 1 N–H and O–H groups in total. The zero-order valence-corrected chi connectivity index (χ0v) is 11.7. The third kappa shape index (κ3) is 2.85. The molecule has 0 radical (unpaired) electrons. The number of aryl methyl sites for hydroxylation is 1. The van der Waals surface area contributed by atoms with Crippen molar-refractivity contribution in [2.45, 2.75) is 39.5 Å². The van der Waals surface area contributed by atoms with Gasteiger partial charge in [0, 0.05) is 9.89 Å². The third-order valence-corrected chi connectivity index (χ3v) is 3.63. The van der Waals surface area contributed by atoms with E-state index >= 15 is 0 Å². The largest absolute Gasteiger partial charge is 0.481 e. The number of hydrogen-bond acceptors (Lipinski definition) is 1. The summed E-state index contributed by atoms with van der Waals surface area (Å²) in [6, 6.07) is 4.12. The third-order valence-electron chi connectivity index (χ3n) is 2.81. The summed E-state index contributed by atoms with van der Waals surface area (Å²) in [6.07, 6.45) is 0.143. The average molecular weight is 285 g/mol. The van der Waals surface area contributed by atoms with E-state index in [4.69, 9.17) is 5.11 Å². The quantitative estimate of drug-likeness (QED) is 0.916. The molecular formula is C13H17BrO2. The SMILES string of the molecule is Cc1cc(Br)c(C)c(C(C)(C)CC(=O)O)c1. The van der Waals surface area contributed by atoms with Crippen LogP contribution in [0.5, 0.6) is 0 Å². The van der Waals surface area contributed by atoms with Crippen LogP contribution >= 0.6 is 15.9 Å². The van der Waals surface area contributed by atoms with Gasteiger partial charge in [-0.25, -0.2) is 0 Å². The summed E-state index contributed by atoms with van der Waals surface area (Å²) in [6.45, 7) is 7.97. The van der Waals surface area contributed by atoms with Crippen molar-refractivity contribution in [3.05, 3.63) is 33.3 Å². The van der Waals surface area contributed by atoms with E-state index in [0.29, 0.717) is 0 Å². The van der Waals surface area contributed by atoms with Gasteiger partial charge in [-0.1, -0.05) is 35.8 Å². The lowest BCUT2D eigenvalue weighted by molar-refractivity contribution is -0.138. The summed E-state index contributed by atoms with van der Waals surface area (Å²) < 4.78 is 1.04. The summed E-state index contributed by atoms with van der Waals surface area (Å²) in [4.78, 5) is 10.9. The van der Waals surface area contributed by atoms with E-state index < -0.39 is 5.97 Å². The lowest BCUT2D eigenvalue weighted by Gasteiger charge is -2.26. The minimum absolute atomic E-state index is 0.143. The van der Waals surface area contributed by atoms with Gasteiger partial charge in [-0.15, -0.1) is 0 Å². The second-order valence-corrected chi connectivity index (χ2v) is 5.73. The van der Waals surface area contributed by atoms with Gasteiger partial charge in [0.25, 0.3) is 0 Å². The molecule has 0 saturated carbocycles. The molecule has 0 saturated heterocycles. The predicted octanol–water partition coefficient (Wildman–Crippen LogP) is 3.82. The van der Waals surface area contributed by atoms with Gasteiger partial charge in [-0.05, 0) is 36.6 Å². The maximum absolute atomic E-state index is 10.9. The van der Waals surface area contributed by atoms with Crippen molar-refractivity contribution in [2.24, 2.45) is 0 Å². The van der Waals surface area contributed by atoms with E-state index in [0.717, 1.165) is 21.2 Å². The fourth-order valence-electron chi connectivity index (χ4n) is 1.99. The molecular weight excluding hydrogens is 268 g/mol. The number of benzene rings is 1. The fourth-order valence-corrected chi connectivity index (χ4v) is 2.57. The Bertz CT molecular complexity index is 422. The van der Waals surface area contributed by atoms with Gasteiger partial charge in [-0.2, -0.15) is 0 Å². The van der Waals surface area contributed by atoms with Crippen molar-refractivity contribution < 1.29 is 9.90 Å². The van der Waals surface area contributed by atoms with E-state index in [1.165, 1.54) is 0 Å². The molecule has 0 spiro atoms. The highest BCUT2D eigenvalue weighted by molar-refractivity contribution is 9.10. The molecule has 0 fully saturated rings. The van der Waals surface area contributed by atoms with E-state index in [9.17, 15) is 4.79 Å². The van der Waals surface area contributed by atoms with Crippen LogP contribution < -0.4 is 0 Å². The van der Waals surface area contributed by atoms with E-state index in [1.807, 2.05) is 27.7 Å². The number of hydrogen-bond donors (Lipinski definition) is 1. The molecule has 2 nitrogen and oxygen atoms in total. The lowest BCUT2D eigenvalue weighted by atomic mass is 9.79. The molecule has 0 atom stereocenters. The van der Waals surface area contributed by atoms with Crippen molar-refractivity contribution in [3.8, 4) is 0 Å². The van der Waals surface area contributed by atoms with E-state index in [-0.39, 0.29) is 11.8 Å². The highest BCUT2D eigenvalue weighted by Gasteiger charge is 2.26. The first-order valence-corrected chi connectivity index (χ1v) is 6.02. The summed E-state index contributed by atoms with van der Waals surface area (Å²) in [5, 5.41) is 8.93. The molecule has 1 rings (SSSR count). The Labute approximate surface area is 105 Å². The van der Waals surface area contributed by atoms with Crippen molar-refractivity contribution in [2.75, 3.05) is 0 Å². The van der Waals surface area contributed by atoms with Gasteiger partial charge in [0.05, 0.1) is 6.42 Å². The highest BCUT2D eigenvalue weighted by atomic mass is 79.9. The Kier molecular flexibility index (Phi) is 3.79. The highest BCUT2D eigenvalue weighted by Crippen LogP contribution is 2.33. The molecule has 0 aromatic heterocycles. The number of aliphatic carboxylic acids is 1. The first-order chi connectivity index (χ1) is 7.24. The van der Waals surface area contributed by atoms with Gasteiger partial charge in [-0.3, -0.25) is 4.79 Å². The van der Waals surface area contributed by atoms with Crippen LogP contribution in [0.1, 0.15) is 37.0 Å². The Morgan fingerprint density at radius 1 is 1.38 bits per heavy atom. The minimum Gasteiger partial charge on any atom is -0.481 e. The van der Waals surface area contributed by atoms with Gasteiger partial charge in [0.1, 0.15) is 0 Å². The smallest absolute Gasteiger partial charge is 0.304 e. The summed E-state index contributed by atoms with van der Waals surface area (Å²) in [5.41, 5.74) is 3.02. The predicted molar refractivity (Wildman–Crippen MR) is 68.9 cm³/mol. The van der Waals surface area contributed by atoms with Crippen LogP contribution in [0.25, 0.3) is 0 Å². The Hall–Kier alpha value is -0.830. The van der Waals surface area contributed by atoms with Crippen molar-refractivity contribution in [1.29, 1.82) is 0 Å². The molecule has 88 valence electrons. The first-order valence-electron chi connectivity index (χ1n) is 5.23. The zero-order valence-electron chi connectivity index (χ0n) is 10.1. The van der Waals surface area contributed by atoms with Gasteiger partial charge in [0.2, 0.25) is 0 Å². The van der Waals surface area contributed by atoms with E-state index in [1.54, 1.807) is 0 Å². The van der Waals surface area contributed by atoms with Gasteiger partial charge in [0.15, 0.2) is 0 Å². The number of carboxylic acid groups (broad SMARTS) is 1. The number of rotatable bonds is 3. The first kappa shape index (κ1) is 13.2. The number of carboxylic acids is 1. The van der Waals surface area contributed by atoms with Crippen molar-refractivity contribution in [1.82, 2.24) is 0 Å². The Morgan fingerprint density at radius 3 is 2.44 bits per heavy atom. The Balaban J connectivity index is 3.26. The van der Waals surface area contributed by atoms with Crippen LogP contribution in [0.4, 0.5) is 0 Å². The normalized spacial score (nSPS) is 11.6. The van der Waals surface area contributed by atoms with Crippen LogP contribution in [0.3, 0.4) is 0 Å². The second kappa shape index (κ2) is 4.58. The average Bonchev–Trinajstić information content (AvgIpc) is 2.08. The maximum atomic E-state index is 10.9. The molecule has 0 unspecified atom stereocenters. The van der Waals surface area contributed by atoms with Crippen LogP contribution in [0.2, 0.25) is 0 Å². The molecule has 1 aromatic carbocycles. The summed E-state index contributed by atoms with van der Waals surface area (Å²) >= 11 is 3.51. The maximum Gasteiger partial charge on any atom is 0.304 e. The molecule has 0 aliphatic rings. The fraction of sp³-hybridized carbons (Fsp3) is 0.462. The van der Waals surface area contributed by atoms with Crippen LogP contribution in [0.15, 0.2) is 16.6 Å². The zero-order chi connectivity index (χ0) is 12.5. The lowest BCUT2D eigenvalue weighted by Crippen LogP contribution is -2.23. The molecule has 16 heavy (non-hydrogen) atoms.